The van der Waals surface area contributed by atoms with Gasteiger partial charge in [0.15, 0.2) is 6.61 Å². The van der Waals surface area contributed by atoms with E-state index in [9.17, 15) is 18.4 Å². The van der Waals surface area contributed by atoms with Gasteiger partial charge in [0, 0.05) is 29.1 Å². The normalized spacial score (nSPS) is 18.8. The summed E-state index contributed by atoms with van der Waals surface area (Å²) in [6.45, 7) is 7.48. The van der Waals surface area contributed by atoms with E-state index in [0.29, 0.717) is 29.1 Å². The second-order valence-electron chi connectivity index (χ2n) is 8.64. The summed E-state index contributed by atoms with van der Waals surface area (Å²) in [5.41, 5.74) is 2.52. The topological polar surface area (TPSA) is 84.9 Å². The maximum absolute atomic E-state index is 13.2. The largest absolute Gasteiger partial charge is 0.471 e. The summed E-state index contributed by atoms with van der Waals surface area (Å²) < 4.78 is 35.4. The van der Waals surface area contributed by atoms with Crippen LogP contribution in [0.2, 0.25) is 0 Å². The molecule has 0 N–H and O–H groups in total. The van der Waals surface area contributed by atoms with Gasteiger partial charge in [0.05, 0.1) is 19.1 Å². The number of amides is 2. The summed E-state index contributed by atoms with van der Waals surface area (Å²) in [5, 5.41) is 0. The van der Waals surface area contributed by atoms with E-state index in [1.807, 2.05) is 20.8 Å². The molecule has 33 heavy (non-hydrogen) atoms. The molecule has 2 aliphatic rings. The Morgan fingerprint density at radius 3 is 2.64 bits per heavy atom. The van der Waals surface area contributed by atoms with Crippen LogP contribution in [0.1, 0.15) is 53.9 Å². The maximum atomic E-state index is 13.2. The van der Waals surface area contributed by atoms with Crippen LogP contribution in [-0.4, -0.2) is 52.5 Å². The molecule has 1 unspecified atom stereocenters. The van der Waals surface area contributed by atoms with Crippen LogP contribution in [-0.2, 0) is 11.3 Å². The monoisotopic (exact) mass is 460 g/mol. The van der Waals surface area contributed by atoms with E-state index in [1.54, 1.807) is 24.0 Å². The number of alkyl halides is 2. The molecule has 1 saturated heterocycles. The fourth-order valence-electron chi connectivity index (χ4n) is 4.07. The van der Waals surface area contributed by atoms with Gasteiger partial charge in [-0.25, -0.2) is 23.5 Å². The van der Waals surface area contributed by atoms with E-state index in [0.717, 1.165) is 5.56 Å². The molecule has 10 heteroatoms. The predicted molar refractivity (Wildman–Crippen MR) is 115 cm³/mol. The van der Waals surface area contributed by atoms with Gasteiger partial charge >= 0.3 is 6.09 Å². The highest BCUT2D eigenvalue weighted by Crippen LogP contribution is 2.37. The lowest BCUT2D eigenvalue weighted by Gasteiger charge is -2.25. The first-order valence-electron chi connectivity index (χ1n) is 10.8. The van der Waals surface area contributed by atoms with Gasteiger partial charge in [0.1, 0.15) is 11.9 Å². The van der Waals surface area contributed by atoms with Gasteiger partial charge in [-0.1, -0.05) is 13.8 Å². The average molecular weight is 460 g/mol. The predicted octanol–water partition coefficient (Wildman–Crippen LogP) is 4.13. The van der Waals surface area contributed by atoms with Gasteiger partial charge in [-0.2, -0.15) is 0 Å². The molecular weight excluding hydrogens is 434 g/mol. The van der Waals surface area contributed by atoms with E-state index in [2.05, 4.69) is 9.97 Å². The van der Waals surface area contributed by atoms with Gasteiger partial charge in [-0.15, -0.1) is 0 Å². The van der Waals surface area contributed by atoms with Crippen LogP contribution in [0.5, 0.6) is 5.88 Å². The minimum absolute atomic E-state index is 0.140. The van der Waals surface area contributed by atoms with Crippen LogP contribution in [0, 0.1) is 12.8 Å². The summed E-state index contributed by atoms with van der Waals surface area (Å²) in [7, 11) is 0. The average Bonchev–Trinajstić information content (AvgIpc) is 3.32. The van der Waals surface area contributed by atoms with Crippen molar-refractivity contribution in [2.45, 2.75) is 52.8 Å². The molecule has 176 valence electrons. The van der Waals surface area contributed by atoms with Crippen molar-refractivity contribution in [3.63, 3.8) is 0 Å². The van der Waals surface area contributed by atoms with Gasteiger partial charge < -0.3 is 14.4 Å². The number of hydrogen-bond acceptors (Lipinski definition) is 6. The number of nitrogens with zero attached hydrogens (tertiary/aromatic N) is 4. The molecule has 4 heterocycles. The molecule has 4 rings (SSSR count). The Hall–Kier alpha value is -3.30. The first kappa shape index (κ1) is 22.9. The quantitative estimate of drug-likeness (QED) is 0.618. The van der Waals surface area contributed by atoms with E-state index < -0.39 is 19.1 Å². The molecular formula is C23H26F2N4O4. The van der Waals surface area contributed by atoms with E-state index in [-0.39, 0.29) is 36.4 Å². The van der Waals surface area contributed by atoms with Crippen LogP contribution in [0.15, 0.2) is 24.5 Å². The van der Waals surface area contributed by atoms with Gasteiger partial charge in [-0.05, 0) is 37.5 Å². The van der Waals surface area contributed by atoms with Crippen molar-refractivity contribution in [1.29, 1.82) is 0 Å². The van der Waals surface area contributed by atoms with Crippen LogP contribution >= 0.6 is 0 Å². The highest BCUT2D eigenvalue weighted by molar-refractivity contribution is 6.01. The number of cyclic esters (lactones) is 1. The SMILES string of the molecule is Cc1cc(C(C)N2Cc3c(ccnc3N3C[C@H](C(C)C)OC3=O)C2=O)cnc1OCC(F)F. The van der Waals surface area contributed by atoms with Crippen molar-refractivity contribution < 1.29 is 27.8 Å². The molecule has 2 aromatic rings. The maximum Gasteiger partial charge on any atom is 0.415 e. The first-order valence-corrected chi connectivity index (χ1v) is 10.8. The third-order valence-electron chi connectivity index (χ3n) is 6.03. The fraction of sp³-hybridized carbons (Fsp3) is 0.478. The van der Waals surface area contributed by atoms with Crippen LogP contribution in [0.3, 0.4) is 0 Å². The molecule has 1 fully saturated rings. The molecule has 0 bridgehead atoms. The molecule has 0 spiro atoms. The zero-order valence-electron chi connectivity index (χ0n) is 18.9. The van der Waals surface area contributed by atoms with Crippen molar-refractivity contribution in [2.75, 3.05) is 18.1 Å². The minimum Gasteiger partial charge on any atom is -0.471 e. The fourth-order valence-corrected chi connectivity index (χ4v) is 4.07. The van der Waals surface area contributed by atoms with Crippen molar-refractivity contribution in [1.82, 2.24) is 14.9 Å². The Morgan fingerprint density at radius 1 is 1.24 bits per heavy atom. The molecule has 8 nitrogen and oxygen atoms in total. The Morgan fingerprint density at radius 2 is 2.00 bits per heavy atom. The van der Waals surface area contributed by atoms with Crippen molar-refractivity contribution >= 4 is 17.8 Å². The standard InChI is InChI=1S/C23H26F2N4O4/c1-12(2)18-10-29(23(31)33-18)20-17-9-28(22(30)16(17)5-6-26-20)14(4)15-7-13(3)21(27-8-15)32-11-19(24)25/h5-8,12,14,18-19H,9-11H2,1-4H3/t14?,18-/m1/s1. The third kappa shape index (κ3) is 4.34. The molecule has 0 aromatic carbocycles. The number of anilines is 1. The second kappa shape index (κ2) is 8.92. The molecule has 2 aromatic heterocycles. The minimum atomic E-state index is -2.59. The third-order valence-corrected chi connectivity index (χ3v) is 6.03. The Kier molecular flexibility index (Phi) is 6.18. The van der Waals surface area contributed by atoms with Crippen LogP contribution in [0.4, 0.5) is 19.4 Å². The molecule has 0 saturated carbocycles. The Bertz CT molecular complexity index is 1080. The number of rotatable bonds is 7. The van der Waals surface area contributed by atoms with E-state index >= 15 is 0 Å². The zero-order chi connectivity index (χ0) is 23.9. The number of carbonyl (C=O) groups is 2. The number of hydrogen-bond donors (Lipinski definition) is 0. The van der Waals surface area contributed by atoms with E-state index in [4.69, 9.17) is 9.47 Å². The lowest BCUT2D eigenvalue weighted by Crippen LogP contribution is -2.29. The van der Waals surface area contributed by atoms with Crippen LogP contribution < -0.4 is 9.64 Å². The molecule has 0 aliphatic carbocycles. The highest BCUT2D eigenvalue weighted by atomic mass is 19.3. The van der Waals surface area contributed by atoms with Gasteiger partial charge in [-0.3, -0.25) is 9.69 Å². The summed E-state index contributed by atoms with van der Waals surface area (Å²) in [4.78, 5) is 37.4. The van der Waals surface area contributed by atoms with E-state index in [1.165, 1.54) is 17.3 Å². The molecule has 2 atom stereocenters. The summed E-state index contributed by atoms with van der Waals surface area (Å²) in [5.74, 6) is 0.567. The smallest absolute Gasteiger partial charge is 0.415 e. The van der Waals surface area contributed by atoms with Gasteiger partial charge in [0.2, 0.25) is 5.88 Å². The number of aryl methyl sites for hydroxylation is 1. The Labute approximate surface area is 190 Å². The number of carbonyl (C=O) groups excluding carboxylic acids is 2. The highest BCUT2D eigenvalue weighted by Gasteiger charge is 2.40. The number of halogens is 2. The molecule has 0 radical (unpaired) electrons. The summed E-state index contributed by atoms with van der Waals surface area (Å²) >= 11 is 0. The number of aromatic nitrogens is 2. The first-order chi connectivity index (χ1) is 15.7. The molecule has 2 amide bonds. The number of fused-ring (bicyclic) bond motifs is 1. The lowest BCUT2D eigenvalue weighted by molar-refractivity contribution is 0.0713. The molecule has 2 aliphatic heterocycles. The van der Waals surface area contributed by atoms with Gasteiger partial charge in [0.25, 0.3) is 12.3 Å². The second-order valence-corrected chi connectivity index (χ2v) is 8.64. The van der Waals surface area contributed by atoms with Crippen molar-refractivity contribution in [3.8, 4) is 5.88 Å². The zero-order valence-corrected chi connectivity index (χ0v) is 18.9. The Balaban J connectivity index is 1.56. The number of pyridine rings is 2. The summed E-state index contributed by atoms with van der Waals surface area (Å²) in [6.07, 6.45) is -0.234. The van der Waals surface area contributed by atoms with Crippen molar-refractivity contribution in [2.24, 2.45) is 5.92 Å². The van der Waals surface area contributed by atoms with Crippen molar-refractivity contribution in [3.05, 3.63) is 46.8 Å². The summed E-state index contributed by atoms with van der Waals surface area (Å²) in [6, 6.07) is 3.08. The number of ether oxygens (including phenoxy) is 2. The van der Waals surface area contributed by atoms with Crippen LogP contribution in [0.25, 0.3) is 0 Å². The lowest BCUT2D eigenvalue weighted by atomic mass is 10.1.